The summed E-state index contributed by atoms with van der Waals surface area (Å²) in [6, 6.07) is 0. The van der Waals surface area contributed by atoms with Gasteiger partial charge >= 0.3 is 0 Å². The normalized spacial score (nSPS) is 20.2. The molecule has 0 bridgehead atoms. The lowest BCUT2D eigenvalue weighted by Gasteiger charge is -2.22. The van der Waals surface area contributed by atoms with E-state index in [9.17, 15) is 0 Å². The molecule has 3 heteroatoms. The van der Waals surface area contributed by atoms with Crippen LogP contribution in [0.4, 0.5) is 0 Å². The number of hydrogen-bond acceptors (Lipinski definition) is 3. The van der Waals surface area contributed by atoms with E-state index >= 15 is 0 Å². The Morgan fingerprint density at radius 3 is 2.70 bits per heavy atom. The minimum absolute atomic E-state index is 0.0540. The molecule has 2 unspecified atom stereocenters. The van der Waals surface area contributed by atoms with E-state index in [1.807, 2.05) is 7.11 Å². The molecule has 1 fully saturated rings. The molecule has 0 radical (unpaired) electrons. The van der Waals surface area contributed by atoms with Crippen molar-refractivity contribution in [3.8, 4) is 0 Å². The molecule has 1 saturated heterocycles. The molecule has 1 aliphatic rings. The Kier molecular flexibility index (Phi) is 13.6. The molecular formula is C20H38O3. The van der Waals surface area contributed by atoms with Gasteiger partial charge < -0.3 is 14.2 Å². The van der Waals surface area contributed by atoms with Crippen LogP contribution in [0.2, 0.25) is 0 Å². The molecule has 0 amide bonds. The third-order valence-corrected chi connectivity index (χ3v) is 4.49. The molecule has 1 aliphatic heterocycles. The number of ether oxygens (including phenoxy) is 3. The van der Waals surface area contributed by atoms with Gasteiger partial charge in [0.1, 0.15) is 0 Å². The average Bonchev–Trinajstić information content (AvgIpc) is 2.59. The summed E-state index contributed by atoms with van der Waals surface area (Å²) < 4.78 is 16.9. The quantitative estimate of drug-likeness (QED) is 0.306. The molecule has 0 aromatic carbocycles. The fourth-order valence-electron chi connectivity index (χ4n) is 2.93. The minimum Gasteiger partial charge on any atom is -0.381 e. The second-order valence-electron chi connectivity index (χ2n) is 6.58. The largest absolute Gasteiger partial charge is 0.381 e. The van der Waals surface area contributed by atoms with Crippen molar-refractivity contribution in [2.75, 3.05) is 20.3 Å². The molecule has 136 valence electrons. The van der Waals surface area contributed by atoms with Gasteiger partial charge in [-0.25, -0.2) is 0 Å². The predicted molar refractivity (Wildman–Crippen MR) is 96.7 cm³/mol. The smallest absolute Gasteiger partial charge is 0.157 e. The molecule has 0 spiro atoms. The first-order valence-corrected chi connectivity index (χ1v) is 9.77. The van der Waals surface area contributed by atoms with Crippen LogP contribution in [-0.4, -0.2) is 32.7 Å². The molecule has 2 atom stereocenters. The van der Waals surface area contributed by atoms with Crippen LogP contribution in [0.3, 0.4) is 0 Å². The van der Waals surface area contributed by atoms with Crippen molar-refractivity contribution in [3.63, 3.8) is 0 Å². The van der Waals surface area contributed by atoms with Gasteiger partial charge in [-0.3, -0.25) is 0 Å². The van der Waals surface area contributed by atoms with Gasteiger partial charge in [-0.05, 0) is 44.9 Å². The summed E-state index contributed by atoms with van der Waals surface area (Å²) in [6.07, 6.45) is 19.5. The first kappa shape index (κ1) is 20.7. The molecule has 1 rings (SSSR count). The Labute approximate surface area is 143 Å². The first-order chi connectivity index (χ1) is 11.4. The average molecular weight is 327 g/mol. The van der Waals surface area contributed by atoms with Gasteiger partial charge in [0.2, 0.25) is 0 Å². The van der Waals surface area contributed by atoms with Crippen molar-refractivity contribution < 1.29 is 14.2 Å². The van der Waals surface area contributed by atoms with E-state index in [1.165, 1.54) is 51.4 Å². The Balaban J connectivity index is 1.94. The van der Waals surface area contributed by atoms with Crippen molar-refractivity contribution in [3.05, 3.63) is 12.2 Å². The van der Waals surface area contributed by atoms with Crippen molar-refractivity contribution >= 4 is 0 Å². The van der Waals surface area contributed by atoms with Crippen LogP contribution in [0.15, 0.2) is 12.2 Å². The third kappa shape index (κ3) is 11.7. The fraction of sp³-hybridized carbons (Fsp3) is 0.900. The molecule has 3 nitrogen and oxygen atoms in total. The highest BCUT2D eigenvalue weighted by Crippen LogP contribution is 2.14. The van der Waals surface area contributed by atoms with E-state index in [2.05, 4.69) is 19.1 Å². The zero-order chi connectivity index (χ0) is 16.6. The van der Waals surface area contributed by atoms with Crippen molar-refractivity contribution in [2.24, 2.45) is 0 Å². The van der Waals surface area contributed by atoms with Gasteiger partial charge in [-0.2, -0.15) is 0 Å². The second-order valence-corrected chi connectivity index (χ2v) is 6.58. The highest BCUT2D eigenvalue weighted by atomic mass is 16.7. The maximum Gasteiger partial charge on any atom is 0.157 e. The highest BCUT2D eigenvalue weighted by molar-refractivity contribution is 4.84. The zero-order valence-electron chi connectivity index (χ0n) is 15.4. The number of hydrogen-bond donors (Lipinski definition) is 0. The van der Waals surface area contributed by atoms with Crippen LogP contribution in [0.5, 0.6) is 0 Å². The van der Waals surface area contributed by atoms with E-state index in [1.54, 1.807) is 0 Å². The maximum absolute atomic E-state index is 5.74. The summed E-state index contributed by atoms with van der Waals surface area (Å²) in [7, 11) is 1.84. The third-order valence-electron chi connectivity index (χ3n) is 4.49. The predicted octanol–water partition coefficient (Wildman–Crippen LogP) is 5.63. The summed E-state index contributed by atoms with van der Waals surface area (Å²) in [4.78, 5) is 0. The van der Waals surface area contributed by atoms with Crippen LogP contribution in [0.25, 0.3) is 0 Å². The van der Waals surface area contributed by atoms with Crippen molar-refractivity contribution in [1.82, 2.24) is 0 Å². The van der Waals surface area contributed by atoms with Crippen LogP contribution in [0, 0.1) is 0 Å². The fourth-order valence-corrected chi connectivity index (χ4v) is 2.93. The summed E-state index contributed by atoms with van der Waals surface area (Å²) >= 11 is 0. The molecular weight excluding hydrogens is 288 g/mol. The van der Waals surface area contributed by atoms with Crippen molar-refractivity contribution in [1.29, 1.82) is 0 Å². The zero-order valence-corrected chi connectivity index (χ0v) is 15.4. The van der Waals surface area contributed by atoms with Gasteiger partial charge in [0, 0.05) is 13.7 Å². The minimum atomic E-state index is 0.0540. The molecule has 0 aromatic rings. The lowest BCUT2D eigenvalue weighted by molar-refractivity contribution is -0.162. The second kappa shape index (κ2) is 15.2. The molecule has 23 heavy (non-hydrogen) atoms. The highest BCUT2D eigenvalue weighted by Gasteiger charge is 2.13. The summed E-state index contributed by atoms with van der Waals surface area (Å²) in [6.45, 7) is 3.93. The maximum atomic E-state index is 5.74. The Bertz CT molecular complexity index is 272. The Morgan fingerprint density at radius 1 is 1.09 bits per heavy atom. The van der Waals surface area contributed by atoms with Crippen molar-refractivity contribution in [2.45, 2.75) is 96.4 Å². The number of allylic oxidation sites excluding steroid dienone is 1. The summed E-state index contributed by atoms with van der Waals surface area (Å²) in [5, 5.41) is 0. The van der Waals surface area contributed by atoms with Crippen LogP contribution in [0.1, 0.15) is 84.0 Å². The van der Waals surface area contributed by atoms with Crippen LogP contribution < -0.4 is 0 Å². The lowest BCUT2D eigenvalue weighted by atomic mass is 10.1. The summed E-state index contributed by atoms with van der Waals surface area (Å²) in [5.41, 5.74) is 0. The molecule has 0 N–H and O–H groups in total. The summed E-state index contributed by atoms with van der Waals surface area (Å²) in [5.74, 6) is 0. The SMILES string of the molecule is CCCCCCCC(CC=CCCCOC1CCCCO1)OC. The molecule has 0 aliphatic carbocycles. The Morgan fingerprint density at radius 2 is 1.96 bits per heavy atom. The topological polar surface area (TPSA) is 27.7 Å². The van der Waals surface area contributed by atoms with Gasteiger partial charge in [0.05, 0.1) is 12.7 Å². The van der Waals surface area contributed by atoms with Gasteiger partial charge in [-0.1, -0.05) is 51.2 Å². The molecule has 1 heterocycles. The number of methoxy groups -OCH3 is 1. The standard InChI is InChI=1S/C20H38O3/c1-3-4-5-6-9-14-19(21-2)15-10-7-8-12-17-22-20-16-11-13-18-23-20/h7,10,19-20H,3-6,8-9,11-18H2,1-2H3. The van der Waals surface area contributed by atoms with E-state index < -0.39 is 0 Å². The first-order valence-electron chi connectivity index (χ1n) is 9.77. The number of rotatable bonds is 14. The van der Waals surface area contributed by atoms with Gasteiger partial charge in [-0.15, -0.1) is 0 Å². The van der Waals surface area contributed by atoms with E-state index in [0.717, 1.165) is 38.9 Å². The van der Waals surface area contributed by atoms with Crippen LogP contribution >= 0.6 is 0 Å². The monoisotopic (exact) mass is 326 g/mol. The molecule has 0 saturated carbocycles. The van der Waals surface area contributed by atoms with Crippen LogP contribution in [-0.2, 0) is 14.2 Å². The lowest BCUT2D eigenvalue weighted by Crippen LogP contribution is -2.22. The van der Waals surface area contributed by atoms with E-state index in [0.29, 0.717) is 6.10 Å². The van der Waals surface area contributed by atoms with E-state index in [4.69, 9.17) is 14.2 Å². The number of unbranched alkanes of at least 4 members (excludes halogenated alkanes) is 5. The van der Waals surface area contributed by atoms with Gasteiger partial charge in [0.15, 0.2) is 6.29 Å². The molecule has 0 aromatic heterocycles. The van der Waals surface area contributed by atoms with E-state index in [-0.39, 0.29) is 6.29 Å². The Hall–Kier alpha value is -0.380. The van der Waals surface area contributed by atoms with Gasteiger partial charge in [0.25, 0.3) is 0 Å².